The van der Waals surface area contributed by atoms with Crippen molar-refractivity contribution >= 4 is 5.91 Å². The summed E-state index contributed by atoms with van der Waals surface area (Å²) in [5.41, 5.74) is 2.92. The van der Waals surface area contributed by atoms with E-state index in [-0.39, 0.29) is 23.5 Å². The first-order valence-electron chi connectivity index (χ1n) is 6.00. The van der Waals surface area contributed by atoms with Crippen molar-refractivity contribution in [2.75, 3.05) is 14.2 Å². The van der Waals surface area contributed by atoms with E-state index in [2.05, 4.69) is 5.43 Å². The maximum atomic E-state index is 13.5. The van der Waals surface area contributed by atoms with E-state index >= 15 is 0 Å². The number of halogens is 1. The highest BCUT2D eigenvalue weighted by atomic mass is 19.1. The van der Waals surface area contributed by atoms with Crippen molar-refractivity contribution in [3.63, 3.8) is 0 Å². The molecule has 0 radical (unpaired) electrons. The lowest BCUT2D eigenvalue weighted by atomic mass is 10.1. The van der Waals surface area contributed by atoms with Gasteiger partial charge in [0, 0.05) is 19.0 Å². The number of ether oxygens (including phenoxy) is 1. The summed E-state index contributed by atoms with van der Waals surface area (Å²) in [4.78, 5) is 13.1. The van der Waals surface area contributed by atoms with Crippen LogP contribution in [0.15, 0.2) is 18.2 Å². The van der Waals surface area contributed by atoms with Crippen molar-refractivity contribution in [1.29, 1.82) is 0 Å². The lowest BCUT2D eigenvalue weighted by molar-refractivity contribution is -0.122. The summed E-state index contributed by atoms with van der Waals surface area (Å²) in [7, 11) is 3.30. The molecule has 0 aromatic heterocycles. The smallest absolute Gasteiger partial charge is 0.235 e. The Morgan fingerprint density at radius 2 is 2.26 bits per heavy atom. The minimum absolute atomic E-state index is 0.00807. The first kappa shape index (κ1) is 15.4. The number of hydrazine groups is 1. The molecule has 0 fully saturated rings. The fourth-order valence-corrected chi connectivity index (χ4v) is 1.74. The molecule has 1 atom stereocenters. The molecule has 6 heteroatoms. The highest BCUT2D eigenvalue weighted by Crippen LogP contribution is 2.19. The minimum atomic E-state index is -0.388. The van der Waals surface area contributed by atoms with Gasteiger partial charge in [0.1, 0.15) is 0 Å². The molecule has 19 heavy (non-hydrogen) atoms. The van der Waals surface area contributed by atoms with E-state index in [1.54, 1.807) is 12.1 Å². The quantitative estimate of drug-likeness (QED) is 0.460. The van der Waals surface area contributed by atoms with Gasteiger partial charge in [-0.1, -0.05) is 6.07 Å². The molecular formula is C13H20FN3O2. The zero-order valence-electron chi connectivity index (χ0n) is 11.4. The Morgan fingerprint density at radius 3 is 2.79 bits per heavy atom. The molecule has 0 aliphatic rings. The van der Waals surface area contributed by atoms with Crippen LogP contribution >= 0.6 is 0 Å². The van der Waals surface area contributed by atoms with Gasteiger partial charge in [-0.3, -0.25) is 15.1 Å². The summed E-state index contributed by atoms with van der Waals surface area (Å²) in [5.74, 6) is 4.66. The Balaban J connectivity index is 2.63. The number of nitrogens with two attached hydrogens (primary N) is 1. The Labute approximate surface area is 112 Å². The van der Waals surface area contributed by atoms with E-state index in [1.807, 2.05) is 18.9 Å². The number of rotatable bonds is 6. The number of carbonyl (C=O) groups excluding carboxylic acids is 1. The van der Waals surface area contributed by atoms with Crippen molar-refractivity contribution < 1.29 is 13.9 Å². The van der Waals surface area contributed by atoms with E-state index in [1.165, 1.54) is 13.2 Å². The zero-order valence-corrected chi connectivity index (χ0v) is 11.4. The number of nitrogens with zero attached hydrogens (tertiary/aromatic N) is 1. The van der Waals surface area contributed by atoms with Crippen molar-refractivity contribution in [3.8, 4) is 5.75 Å². The molecule has 0 spiro atoms. The van der Waals surface area contributed by atoms with Crippen LogP contribution in [0.5, 0.6) is 5.75 Å². The van der Waals surface area contributed by atoms with E-state index in [9.17, 15) is 9.18 Å². The van der Waals surface area contributed by atoms with Gasteiger partial charge in [-0.25, -0.2) is 10.2 Å². The zero-order chi connectivity index (χ0) is 14.4. The largest absolute Gasteiger partial charge is 0.494 e. The third kappa shape index (κ3) is 4.50. The second kappa shape index (κ2) is 7.06. The summed E-state index contributed by atoms with van der Waals surface area (Å²) < 4.78 is 18.4. The minimum Gasteiger partial charge on any atom is -0.494 e. The summed E-state index contributed by atoms with van der Waals surface area (Å²) >= 11 is 0. The molecule has 1 rings (SSSR count). The SMILES string of the molecule is COc1ccc(CN(C)C(C)CC(=O)NN)cc1F. The van der Waals surface area contributed by atoms with Gasteiger partial charge in [-0.05, 0) is 31.7 Å². The van der Waals surface area contributed by atoms with Crippen LogP contribution in [-0.4, -0.2) is 31.0 Å². The molecule has 1 amide bonds. The molecule has 0 heterocycles. The Kier molecular flexibility index (Phi) is 5.72. The normalized spacial score (nSPS) is 12.3. The second-order valence-electron chi connectivity index (χ2n) is 4.50. The predicted molar refractivity (Wildman–Crippen MR) is 70.8 cm³/mol. The average Bonchev–Trinajstić information content (AvgIpc) is 2.38. The van der Waals surface area contributed by atoms with Gasteiger partial charge in [0.05, 0.1) is 7.11 Å². The highest BCUT2D eigenvalue weighted by molar-refractivity contribution is 5.75. The lowest BCUT2D eigenvalue weighted by Gasteiger charge is -2.24. The van der Waals surface area contributed by atoms with Crippen LogP contribution in [0.25, 0.3) is 0 Å². The number of carbonyl (C=O) groups is 1. The van der Waals surface area contributed by atoms with Gasteiger partial charge >= 0.3 is 0 Å². The third-order valence-corrected chi connectivity index (χ3v) is 3.04. The summed E-state index contributed by atoms with van der Waals surface area (Å²) in [5, 5.41) is 0. The summed E-state index contributed by atoms with van der Waals surface area (Å²) in [6, 6.07) is 4.84. The van der Waals surface area contributed by atoms with E-state index < -0.39 is 0 Å². The van der Waals surface area contributed by atoms with Gasteiger partial charge in [-0.2, -0.15) is 0 Å². The Morgan fingerprint density at radius 1 is 1.58 bits per heavy atom. The molecule has 5 nitrogen and oxygen atoms in total. The molecule has 3 N–H and O–H groups in total. The van der Waals surface area contributed by atoms with Crippen molar-refractivity contribution in [2.24, 2.45) is 5.84 Å². The molecule has 106 valence electrons. The maximum Gasteiger partial charge on any atom is 0.235 e. The molecule has 1 aromatic carbocycles. The first-order chi connectivity index (χ1) is 8.97. The van der Waals surface area contributed by atoms with Crippen molar-refractivity contribution in [2.45, 2.75) is 25.9 Å². The first-order valence-corrected chi connectivity index (χ1v) is 6.00. The van der Waals surface area contributed by atoms with Gasteiger partial charge in [0.15, 0.2) is 11.6 Å². The van der Waals surface area contributed by atoms with Crippen LogP contribution in [0.4, 0.5) is 4.39 Å². The van der Waals surface area contributed by atoms with E-state index in [0.717, 1.165) is 5.56 Å². The fourth-order valence-electron chi connectivity index (χ4n) is 1.74. The summed E-state index contributed by atoms with van der Waals surface area (Å²) in [6.07, 6.45) is 0.297. The van der Waals surface area contributed by atoms with Gasteiger partial charge in [0.25, 0.3) is 0 Å². The van der Waals surface area contributed by atoms with Crippen molar-refractivity contribution in [1.82, 2.24) is 10.3 Å². The molecule has 0 aliphatic carbocycles. The average molecular weight is 269 g/mol. The van der Waals surface area contributed by atoms with Gasteiger partial charge in [-0.15, -0.1) is 0 Å². The Bertz CT molecular complexity index is 440. The second-order valence-corrected chi connectivity index (χ2v) is 4.50. The van der Waals surface area contributed by atoms with Crippen LogP contribution < -0.4 is 16.0 Å². The van der Waals surface area contributed by atoms with E-state index in [4.69, 9.17) is 10.6 Å². The number of hydrogen-bond donors (Lipinski definition) is 2. The molecule has 0 aliphatic heterocycles. The highest BCUT2D eigenvalue weighted by Gasteiger charge is 2.14. The van der Waals surface area contributed by atoms with Gasteiger partial charge < -0.3 is 4.74 Å². The monoisotopic (exact) mass is 269 g/mol. The fraction of sp³-hybridized carbons (Fsp3) is 0.462. The number of amides is 1. The number of methoxy groups -OCH3 is 1. The molecular weight excluding hydrogens is 249 g/mol. The number of benzene rings is 1. The Hall–Kier alpha value is -1.66. The van der Waals surface area contributed by atoms with Crippen LogP contribution in [0.1, 0.15) is 18.9 Å². The molecule has 0 saturated heterocycles. The molecule has 0 bridgehead atoms. The van der Waals surface area contributed by atoms with Crippen LogP contribution in [-0.2, 0) is 11.3 Å². The molecule has 1 unspecified atom stereocenters. The van der Waals surface area contributed by atoms with E-state index in [0.29, 0.717) is 13.0 Å². The summed E-state index contributed by atoms with van der Waals surface area (Å²) in [6.45, 7) is 2.45. The molecule has 0 saturated carbocycles. The third-order valence-electron chi connectivity index (χ3n) is 3.04. The maximum absolute atomic E-state index is 13.5. The lowest BCUT2D eigenvalue weighted by Crippen LogP contribution is -2.37. The molecule has 1 aromatic rings. The van der Waals surface area contributed by atoms with Crippen molar-refractivity contribution in [3.05, 3.63) is 29.6 Å². The van der Waals surface area contributed by atoms with Gasteiger partial charge in [0.2, 0.25) is 5.91 Å². The topological polar surface area (TPSA) is 67.6 Å². The number of nitrogens with one attached hydrogen (secondary N) is 1. The van der Waals surface area contributed by atoms with Crippen LogP contribution in [0, 0.1) is 5.82 Å². The number of hydrogen-bond acceptors (Lipinski definition) is 4. The standard InChI is InChI=1S/C13H20FN3O2/c1-9(6-13(18)16-15)17(2)8-10-4-5-12(19-3)11(14)7-10/h4-5,7,9H,6,8,15H2,1-3H3,(H,16,18). The predicted octanol–water partition coefficient (Wildman–Crippen LogP) is 1.03. The van der Waals surface area contributed by atoms with Crippen LogP contribution in [0.3, 0.4) is 0 Å². The van der Waals surface area contributed by atoms with Crippen LogP contribution in [0.2, 0.25) is 0 Å².